The Kier molecular flexibility index (Phi) is 4.71. The number of halogens is 3. The van der Waals surface area contributed by atoms with Crippen LogP contribution in [0.1, 0.15) is 48.3 Å². The molecule has 7 nitrogen and oxygen atoms in total. The van der Waals surface area contributed by atoms with Crippen LogP contribution < -0.4 is 5.32 Å². The van der Waals surface area contributed by atoms with Gasteiger partial charge in [-0.25, -0.2) is 9.67 Å². The molecule has 2 aromatic heterocycles. The molecule has 0 unspecified atom stereocenters. The first-order valence-electron chi connectivity index (χ1n) is 7.03. The van der Waals surface area contributed by atoms with Crippen LogP contribution in [0.5, 0.6) is 0 Å². The first kappa shape index (κ1) is 17.0. The number of alkyl halides is 3. The Morgan fingerprint density at radius 3 is 2.70 bits per heavy atom. The zero-order chi connectivity index (χ0) is 17.2. The minimum Gasteiger partial charge on any atom is -0.341 e. The lowest BCUT2D eigenvalue weighted by Crippen LogP contribution is -2.30. The van der Waals surface area contributed by atoms with E-state index in [4.69, 9.17) is 0 Å². The number of carbonyl (C=O) groups excluding carboxylic acids is 1. The van der Waals surface area contributed by atoms with Crippen molar-refractivity contribution in [3.8, 4) is 0 Å². The van der Waals surface area contributed by atoms with Gasteiger partial charge in [0.2, 0.25) is 0 Å². The lowest BCUT2D eigenvalue weighted by molar-refractivity contribution is -0.141. The highest BCUT2D eigenvalue weighted by molar-refractivity contribution is 5.92. The number of hydrogen-bond donors (Lipinski definition) is 1. The summed E-state index contributed by atoms with van der Waals surface area (Å²) in [7, 11) is 1.29. The summed E-state index contributed by atoms with van der Waals surface area (Å²) in [4.78, 5) is 16.3. The van der Waals surface area contributed by atoms with Crippen LogP contribution >= 0.6 is 0 Å². The predicted molar refractivity (Wildman–Crippen MR) is 74.4 cm³/mol. The molecule has 1 amide bonds. The summed E-state index contributed by atoms with van der Waals surface area (Å²) in [5.41, 5.74) is -1.28. The molecular formula is C13H17F3N6O. The fourth-order valence-electron chi connectivity index (χ4n) is 2.15. The number of aromatic nitrogens is 5. The quantitative estimate of drug-likeness (QED) is 0.909. The number of nitrogens with one attached hydrogen (secondary N) is 1. The van der Waals surface area contributed by atoms with Crippen molar-refractivity contribution in [3.05, 3.63) is 29.6 Å². The van der Waals surface area contributed by atoms with Gasteiger partial charge in [0.15, 0.2) is 5.69 Å². The summed E-state index contributed by atoms with van der Waals surface area (Å²) < 4.78 is 40.5. The molecule has 0 aromatic carbocycles. The normalized spacial score (nSPS) is 13.1. The van der Waals surface area contributed by atoms with E-state index in [-0.39, 0.29) is 5.69 Å². The van der Waals surface area contributed by atoms with E-state index in [9.17, 15) is 18.0 Å². The van der Waals surface area contributed by atoms with Gasteiger partial charge in [-0.15, -0.1) is 0 Å². The van der Waals surface area contributed by atoms with Crippen LogP contribution in [-0.4, -0.2) is 30.5 Å². The lowest BCUT2D eigenvalue weighted by Gasteiger charge is -2.14. The van der Waals surface area contributed by atoms with E-state index >= 15 is 0 Å². The maximum atomic E-state index is 12.6. The molecule has 0 saturated heterocycles. The van der Waals surface area contributed by atoms with Gasteiger partial charge in [-0.1, -0.05) is 6.92 Å². The largest absolute Gasteiger partial charge is 0.435 e. The van der Waals surface area contributed by atoms with Crippen molar-refractivity contribution in [2.45, 2.75) is 39.0 Å². The molecule has 23 heavy (non-hydrogen) atoms. The number of rotatable bonds is 5. The molecule has 0 aliphatic rings. The highest BCUT2D eigenvalue weighted by atomic mass is 19.4. The third kappa shape index (κ3) is 3.69. The summed E-state index contributed by atoms with van der Waals surface area (Å²) in [6.45, 7) is 4.30. The third-order valence-electron chi connectivity index (χ3n) is 3.22. The number of nitrogens with zero attached hydrogens (tertiary/aromatic N) is 5. The minimum atomic E-state index is -4.59. The third-order valence-corrected chi connectivity index (χ3v) is 3.22. The molecule has 2 rings (SSSR count). The second-order valence-corrected chi connectivity index (χ2v) is 5.07. The lowest BCUT2D eigenvalue weighted by atomic mass is 10.2. The molecule has 0 fully saturated rings. The monoisotopic (exact) mass is 330 g/mol. The van der Waals surface area contributed by atoms with Crippen molar-refractivity contribution in [3.63, 3.8) is 0 Å². The maximum Gasteiger partial charge on any atom is 0.435 e. The molecule has 2 aromatic rings. The first-order chi connectivity index (χ1) is 10.7. The van der Waals surface area contributed by atoms with Gasteiger partial charge >= 0.3 is 6.18 Å². The summed E-state index contributed by atoms with van der Waals surface area (Å²) in [5, 5.41) is 9.98. The number of amides is 1. The van der Waals surface area contributed by atoms with Gasteiger partial charge in [0.1, 0.15) is 17.8 Å². The highest BCUT2D eigenvalue weighted by Gasteiger charge is 2.35. The second kappa shape index (κ2) is 6.39. The Balaban J connectivity index is 2.15. The van der Waals surface area contributed by atoms with E-state index in [1.54, 1.807) is 11.6 Å². The molecule has 2 heterocycles. The van der Waals surface area contributed by atoms with Crippen LogP contribution in [0.3, 0.4) is 0 Å². The van der Waals surface area contributed by atoms with Crippen LogP contribution in [0.25, 0.3) is 0 Å². The van der Waals surface area contributed by atoms with Gasteiger partial charge in [0.05, 0.1) is 6.04 Å². The van der Waals surface area contributed by atoms with Crippen LogP contribution in [0, 0.1) is 0 Å². The van der Waals surface area contributed by atoms with Crippen molar-refractivity contribution in [2.75, 3.05) is 0 Å². The average molecular weight is 330 g/mol. The molecular weight excluding hydrogens is 313 g/mol. The van der Waals surface area contributed by atoms with E-state index in [1.165, 1.54) is 13.4 Å². The first-order valence-corrected chi connectivity index (χ1v) is 7.03. The fraction of sp³-hybridized carbons (Fsp3) is 0.538. The van der Waals surface area contributed by atoms with Crippen LogP contribution in [0.15, 0.2) is 12.4 Å². The average Bonchev–Trinajstić information content (AvgIpc) is 3.05. The topological polar surface area (TPSA) is 77.6 Å². The summed E-state index contributed by atoms with van der Waals surface area (Å²) in [6, 6.07) is 0.222. The molecule has 10 heteroatoms. The number of aryl methyl sites for hydroxylation is 2. The predicted octanol–water partition coefficient (Wildman–Crippen LogP) is 1.93. The van der Waals surface area contributed by atoms with Crippen molar-refractivity contribution in [2.24, 2.45) is 7.05 Å². The molecule has 1 atom stereocenters. The summed E-state index contributed by atoms with van der Waals surface area (Å²) in [5.74, 6) is -0.118. The zero-order valence-corrected chi connectivity index (χ0v) is 12.9. The van der Waals surface area contributed by atoms with Crippen LogP contribution in [-0.2, 0) is 19.8 Å². The summed E-state index contributed by atoms with van der Waals surface area (Å²) in [6.07, 6.45) is -2.38. The van der Waals surface area contributed by atoms with Gasteiger partial charge in [-0.2, -0.15) is 23.4 Å². The van der Waals surface area contributed by atoms with Crippen molar-refractivity contribution in [1.82, 2.24) is 29.9 Å². The molecule has 0 bridgehead atoms. The van der Waals surface area contributed by atoms with E-state index in [2.05, 4.69) is 20.5 Å². The van der Waals surface area contributed by atoms with E-state index in [0.717, 1.165) is 17.2 Å². The van der Waals surface area contributed by atoms with Gasteiger partial charge in [-0.05, 0) is 13.3 Å². The van der Waals surface area contributed by atoms with Crippen molar-refractivity contribution >= 4 is 5.91 Å². The van der Waals surface area contributed by atoms with Crippen LogP contribution in [0.4, 0.5) is 13.2 Å². The molecule has 0 radical (unpaired) electrons. The van der Waals surface area contributed by atoms with E-state index < -0.39 is 23.8 Å². The van der Waals surface area contributed by atoms with E-state index in [0.29, 0.717) is 12.4 Å². The smallest absolute Gasteiger partial charge is 0.341 e. The van der Waals surface area contributed by atoms with Gasteiger partial charge in [-0.3, -0.25) is 9.48 Å². The zero-order valence-electron chi connectivity index (χ0n) is 12.9. The summed E-state index contributed by atoms with van der Waals surface area (Å²) >= 11 is 0. The molecule has 1 N–H and O–H groups in total. The van der Waals surface area contributed by atoms with Gasteiger partial charge in [0.25, 0.3) is 5.91 Å². The van der Waals surface area contributed by atoms with Crippen molar-refractivity contribution < 1.29 is 18.0 Å². The van der Waals surface area contributed by atoms with Crippen molar-refractivity contribution in [1.29, 1.82) is 0 Å². The Morgan fingerprint density at radius 2 is 2.13 bits per heavy atom. The van der Waals surface area contributed by atoms with Gasteiger partial charge in [0, 0.05) is 19.7 Å². The maximum absolute atomic E-state index is 12.6. The standard InChI is InChI=1S/C13H17F3N6O/c1-4-5-22-11(17-7-18-22)8(2)19-12(23)9-6-10(13(14,15)16)20-21(9)3/h6-8H,4-5H2,1-3H3,(H,19,23)/t8-/m1/s1. The van der Waals surface area contributed by atoms with Crippen LogP contribution in [0.2, 0.25) is 0 Å². The molecule has 0 spiro atoms. The van der Waals surface area contributed by atoms with E-state index in [1.807, 2.05) is 6.92 Å². The molecule has 0 saturated carbocycles. The molecule has 0 aliphatic carbocycles. The second-order valence-electron chi connectivity index (χ2n) is 5.07. The molecule has 0 aliphatic heterocycles. The Hall–Kier alpha value is -2.39. The Morgan fingerprint density at radius 1 is 1.43 bits per heavy atom. The Labute approximate surface area is 130 Å². The van der Waals surface area contributed by atoms with Gasteiger partial charge < -0.3 is 5.32 Å². The molecule has 126 valence electrons. The number of carbonyl (C=O) groups is 1. The highest BCUT2D eigenvalue weighted by Crippen LogP contribution is 2.28. The number of hydrogen-bond acceptors (Lipinski definition) is 4. The minimum absolute atomic E-state index is 0.175. The Bertz CT molecular complexity index is 690. The SMILES string of the molecule is CCCn1ncnc1[C@@H](C)NC(=O)c1cc(C(F)(F)F)nn1C. The fourth-order valence-corrected chi connectivity index (χ4v) is 2.15.